The molecule has 2 aromatic rings. The Morgan fingerprint density at radius 3 is 2.12 bits per heavy atom. The minimum atomic E-state index is -3.55. The number of sulfonamides is 1. The van der Waals surface area contributed by atoms with Crippen LogP contribution in [0.15, 0.2) is 59.5 Å². The maximum atomic E-state index is 12.7. The van der Waals surface area contributed by atoms with E-state index in [1.54, 1.807) is 30.9 Å². The summed E-state index contributed by atoms with van der Waals surface area (Å²) in [5.74, 6) is -0.163. The molecule has 0 spiro atoms. The minimum absolute atomic E-state index is 0.149. The van der Waals surface area contributed by atoms with E-state index in [1.807, 2.05) is 37.3 Å². The maximum Gasteiger partial charge on any atom is 0.258 e. The summed E-state index contributed by atoms with van der Waals surface area (Å²) in [4.78, 5) is 14.5. The lowest BCUT2D eigenvalue weighted by atomic mass is 10.2. The number of nitrogens with zero attached hydrogens (tertiary/aromatic N) is 1. The van der Waals surface area contributed by atoms with Gasteiger partial charge in [0.15, 0.2) is 0 Å². The normalized spacial score (nSPS) is 11.5. The Morgan fingerprint density at radius 1 is 1.04 bits per heavy atom. The van der Waals surface area contributed by atoms with Crippen LogP contribution >= 0.6 is 0 Å². The minimum Gasteiger partial charge on any atom is -0.309 e. The van der Waals surface area contributed by atoms with Gasteiger partial charge in [-0.2, -0.15) is 0 Å². The number of carbonyl (C=O) groups is 1. The van der Waals surface area contributed by atoms with Gasteiger partial charge in [-0.15, -0.1) is 0 Å². The first-order chi connectivity index (χ1) is 11.3. The van der Waals surface area contributed by atoms with Gasteiger partial charge in [-0.25, -0.2) is 13.1 Å². The Morgan fingerprint density at radius 2 is 1.62 bits per heavy atom. The van der Waals surface area contributed by atoms with Crippen LogP contribution in [-0.4, -0.2) is 26.9 Å². The van der Waals surface area contributed by atoms with Gasteiger partial charge in [-0.05, 0) is 57.2 Å². The Kier molecular flexibility index (Phi) is 5.75. The number of hydrogen-bond donors (Lipinski definition) is 1. The summed E-state index contributed by atoms with van der Waals surface area (Å²) >= 11 is 0. The van der Waals surface area contributed by atoms with Crippen molar-refractivity contribution < 1.29 is 13.2 Å². The lowest BCUT2D eigenvalue weighted by Gasteiger charge is -2.21. The Labute approximate surface area is 143 Å². The fourth-order valence-electron chi connectivity index (χ4n) is 2.36. The van der Waals surface area contributed by atoms with Crippen LogP contribution in [0.2, 0.25) is 0 Å². The highest BCUT2D eigenvalue weighted by atomic mass is 32.2. The van der Waals surface area contributed by atoms with Gasteiger partial charge >= 0.3 is 0 Å². The standard InChI is InChI=1S/C18H22N2O3S/c1-4-20(16-8-6-5-7-9-16)18(21)15-10-12-17(13-11-15)24(22,23)19-14(2)3/h5-14,19H,4H2,1-3H3. The van der Waals surface area contributed by atoms with Crippen molar-refractivity contribution in [2.45, 2.75) is 31.7 Å². The van der Waals surface area contributed by atoms with Gasteiger partial charge in [-0.1, -0.05) is 18.2 Å². The molecule has 0 unspecified atom stereocenters. The third-order valence-electron chi connectivity index (χ3n) is 3.43. The molecule has 2 aromatic carbocycles. The van der Waals surface area contributed by atoms with Crippen LogP contribution in [0.4, 0.5) is 5.69 Å². The molecule has 0 radical (unpaired) electrons. The second-order valence-corrected chi connectivity index (χ2v) is 7.40. The van der Waals surface area contributed by atoms with Gasteiger partial charge in [0, 0.05) is 23.8 Å². The molecular formula is C18H22N2O3S. The number of para-hydroxylation sites is 1. The molecule has 5 nitrogen and oxygen atoms in total. The highest BCUT2D eigenvalue weighted by Crippen LogP contribution is 2.18. The van der Waals surface area contributed by atoms with E-state index in [1.165, 1.54) is 12.1 Å². The van der Waals surface area contributed by atoms with Crippen LogP contribution < -0.4 is 9.62 Å². The maximum absolute atomic E-state index is 12.7. The second-order valence-electron chi connectivity index (χ2n) is 5.69. The molecule has 0 fully saturated rings. The molecule has 0 atom stereocenters. The van der Waals surface area contributed by atoms with Crippen molar-refractivity contribution in [3.63, 3.8) is 0 Å². The molecule has 0 bridgehead atoms. The summed E-state index contributed by atoms with van der Waals surface area (Å²) in [6.45, 7) is 5.94. The molecule has 0 saturated carbocycles. The summed E-state index contributed by atoms with van der Waals surface area (Å²) in [5.41, 5.74) is 1.26. The zero-order chi connectivity index (χ0) is 17.7. The number of rotatable bonds is 6. The lowest BCUT2D eigenvalue weighted by molar-refractivity contribution is 0.0988. The van der Waals surface area contributed by atoms with Crippen LogP contribution in [0.3, 0.4) is 0 Å². The number of carbonyl (C=O) groups excluding carboxylic acids is 1. The van der Waals surface area contributed by atoms with E-state index in [-0.39, 0.29) is 16.8 Å². The van der Waals surface area contributed by atoms with Gasteiger partial charge in [0.05, 0.1) is 4.90 Å². The number of amides is 1. The summed E-state index contributed by atoms with van der Waals surface area (Å²) in [6, 6.07) is 15.2. The lowest BCUT2D eigenvalue weighted by Crippen LogP contribution is -2.31. The quantitative estimate of drug-likeness (QED) is 0.874. The fourth-order valence-corrected chi connectivity index (χ4v) is 3.61. The van der Waals surface area contributed by atoms with Crippen molar-refractivity contribution in [1.82, 2.24) is 4.72 Å². The van der Waals surface area contributed by atoms with Crippen molar-refractivity contribution in [1.29, 1.82) is 0 Å². The molecule has 0 aliphatic rings. The van der Waals surface area contributed by atoms with E-state index in [9.17, 15) is 13.2 Å². The molecule has 1 amide bonds. The SMILES string of the molecule is CCN(C(=O)c1ccc(S(=O)(=O)NC(C)C)cc1)c1ccccc1. The zero-order valence-electron chi connectivity index (χ0n) is 14.1. The average Bonchev–Trinajstić information content (AvgIpc) is 2.55. The Hall–Kier alpha value is -2.18. The largest absolute Gasteiger partial charge is 0.309 e. The van der Waals surface area contributed by atoms with E-state index in [2.05, 4.69) is 4.72 Å². The number of anilines is 1. The summed E-state index contributed by atoms with van der Waals surface area (Å²) in [6.07, 6.45) is 0. The molecule has 0 saturated heterocycles. The highest BCUT2D eigenvalue weighted by molar-refractivity contribution is 7.89. The van der Waals surface area contributed by atoms with Crippen molar-refractivity contribution >= 4 is 21.6 Å². The molecule has 6 heteroatoms. The van der Waals surface area contributed by atoms with E-state index in [4.69, 9.17) is 0 Å². The van der Waals surface area contributed by atoms with Crippen LogP contribution in [0.1, 0.15) is 31.1 Å². The molecule has 0 aliphatic heterocycles. The fraction of sp³-hybridized carbons (Fsp3) is 0.278. The van der Waals surface area contributed by atoms with Crippen molar-refractivity contribution in [3.05, 3.63) is 60.2 Å². The third-order valence-corrected chi connectivity index (χ3v) is 5.11. The van der Waals surface area contributed by atoms with Crippen molar-refractivity contribution in [3.8, 4) is 0 Å². The molecular weight excluding hydrogens is 324 g/mol. The van der Waals surface area contributed by atoms with Gasteiger partial charge in [-0.3, -0.25) is 4.79 Å². The molecule has 0 aliphatic carbocycles. The molecule has 0 heterocycles. The van der Waals surface area contributed by atoms with Gasteiger partial charge in [0.1, 0.15) is 0 Å². The van der Waals surface area contributed by atoms with Crippen molar-refractivity contribution in [2.24, 2.45) is 0 Å². The van der Waals surface area contributed by atoms with Crippen LogP contribution in [-0.2, 0) is 10.0 Å². The monoisotopic (exact) mass is 346 g/mol. The zero-order valence-corrected chi connectivity index (χ0v) is 14.9. The second kappa shape index (κ2) is 7.59. The first-order valence-electron chi connectivity index (χ1n) is 7.84. The topological polar surface area (TPSA) is 66.5 Å². The number of nitrogens with one attached hydrogen (secondary N) is 1. The van der Waals surface area contributed by atoms with E-state index < -0.39 is 10.0 Å². The van der Waals surface area contributed by atoms with E-state index >= 15 is 0 Å². The van der Waals surface area contributed by atoms with E-state index in [0.29, 0.717) is 12.1 Å². The van der Waals surface area contributed by atoms with Gasteiger partial charge in [0.25, 0.3) is 5.91 Å². The van der Waals surface area contributed by atoms with Gasteiger partial charge < -0.3 is 4.90 Å². The average molecular weight is 346 g/mol. The highest BCUT2D eigenvalue weighted by Gasteiger charge is 2.19. The Bertz CT molecular complexity index is 785. The van der Waals surface area contributed by atoms with Crippen LogP contribution in [0.25, 0.3) is 0 Å². The summed E-state index contributed by atoms with van der Waals surface area (Å²) in [5, 5.41) is 0. The summed E-state index contributed by atoms with van der Waals surface area (Å²) < 4.78 is 26.8. The third kappa shape index (κ3) is 4.21. The van der Waals surface area contributed by atoms with Crippen molar-refractivity contribution in [2.75, 3.05) is 11.4 Å². The molecule has 24 heavy (non-hydrogen) atoms. The Balaban J connectivity index is 2.25. The predicted octanol–water partition coefficient (Wildman–Crippen LogP) is 3.04. The smallest absolute Gasteiger partial charge is 0.258 e. The predicted molar refractivity (Wildman–Crippen MR) is 95.7 cm³/mol. The first-order valence-corrected chi connectivity index (χ1v) is 9.32. The first kappa shape index (κ1) is 18.2. The molecule has 128 valence electrons. The molecule has 0 aromatic heterocycles. The van der Waals surface area contributed by atoms with E-state index in [0.717, 1.165) is 5.69 Å². The van der Waals surface area contributed by atoms with Crippen LogP contribution in [0, 0.1) is 0 Å². The van der Waals surface area contributed by atoms with Gasteiger partial charge in [0.2, 0.25) is 10.0 Å². The number of hydrogen-bond acceptors (Lipinski definition) is 3. The summed E-state index contributed by atoms with van der Waals surface area (Å²) in [7, 11) is -3.55. The molecule has 2 rings (SSSR count). The number of benzene rings is 2. The molecule has 1 N–H and O–H groups in total. The van der Waals surface area contributed by atoms with Crippen LogP contribution in [0.5, 0.6) is 0 Å².